The quantitative estimate of drug-likeness (QED) is 0.775. The van der Waals surface area contributed by atoms with Crippen LogP contribution in [0, 0.1) is 5.82 Å². The summed E-state index contributed by atoms with van der Waals surface area (Å²) in [5.74, 6) is -1.25. The second kappa shape index (κ2) is 9.31. The van der Waals surface area contributed by atoms with E-state index in [4.69, 9.17) is 11.6 Å². The molecule has 26 heavy (non-hydrogen) atoms. The Labute approximate surface area is 157 Å². The third-order valence-corrected chi connectivity index (χ3v) is 3.94. The summed E-state index contributed by atoms with van der Waals surface area (Å²) in [5.41, 5.74) is 1.86. The summed E-state index contributed by atoms with van der Waals surface area (Å²) >= 11 is 5.68. The summed E-state index contributed by atoms with van der Waals surface area (Å²) < 4.78 is 13.7. The van der Waals surface area contributed by atoms with Crippen LogP contribution in [0.2, 0.25) is 5.02 Å². The van der Waals surface area contributed by atoms with Gasteiger partial charge in [-0.15, -0.1) is 0 Å². The minimum absolute atomic E-state index is 0.0363. The minimum atomic E-state index is -0.609. The summed E-state index contributed by atoms with van der Waals surface area (Å²) in [6.07, 6.45) is 0.807. The summed E-state index contributed by atoms with van der Waals surface area (Å²) in [7, 11) is 1.64. The fourth-order valence-corrected chi connectivity index (χ4v) is 2.63. The molecular weight excluding hydrogens is 357 g/mol. The largest absolute Gasteiger partial charge is 0.325 e. The Morgan fingerprint density at radius 3 is 2.27 bits per heavy atom. The average Bonchev–Trinajstić information content (AvgIpc) is 2.57. The van der Waals surface area contributed by atoms with E-state index in [0.717, 1.165) is 23.7 Å². The van der Waals surface area contributed by atoms with E-state index in [2.05, 4.69) is 10.6 Å². The molecule has 0 aliphatic carbocycles. The maximum absolute atomic E-state index is 13.7. The molecule has 0 aliphatic heterocycles. The number of hydrogen-bond donors (Lipinski definition) is 2. The first-order valence-corrected chi connectivity index (χ1v) is 8.58. The van der Waals surface area contributed by atoms with Crippen molar-refractivity contribution in [2.45, 2.75) is 13.3 Å². The molecule has 0 heterocycles. The number of anilines is 2. The molecule has 0 bridgehead atoms. The molecule has 5 nitrogen and oxygen atoms in total. The molecule has 2 aromatic rings. The highest BCUT2D eigenvalue weighted by atomic mass is 35.5. The number of rotatable bonds is 7. The van der Waals surface area contributed by atoms with Gasteiger partial charge in [0.15, 0.2) is 0 Å². The number of likely N-dealkylation sites (N-methyl/N-ethyl adjacent to an activating group) is 1. The van der Waals surface area contributed by atoms with Gasteiger partial charge in [-0.1, -0.05) is 36.7 Å². The molecule has 2 rings (SSSR count). The Bertz CT molecular complexity index is 798. The Kier molecular flexibility index (Phi) is 7.12. The van der Waals surface area contributed by atoms with Gasteiger partial charge in [0, 0.05) is 10.7 Å². The Hall–Kier alpha value is -2.44. The number of carbonyl (C=O) groups excluding carboxylic acids is 2. The van der Waals surface area contributed by atoms with E-state index in [1.807, 2.05) is 31.2 Å². The Morgan fingerprint density at radius 1 is 1.04 bits per heavy atom. The predicted molar refractivity (Wildman–Crippen MR) is 102 cm³/mol. The van der Waals surface area contributed by atoms with E-state index < -0.39 is 11.7 Å². The van der Waals surface area contributed by atoms with Gasteiger partial charge in [-0.05, 0) is 43.3 Å². The lowest BCUT2D eigenvalue weighted by Gasteiger charge is -2.17. The lowest BCUT2D eigenvalue weighted by atomic mass is 10.1. The van der Waals surface area contributed by atoms with Crippen LogP contribution in [-0.4, -0.2) is 36.9 Å². The standard InChI is InChI=1S/C19H21ClFN3O2/c1-3-13-6-4-5-7-16(13)22-18(25)11-24(2)12-19(26)23-17-9-8-14(20)10-15(17)21/h4-10H,3,11-12H2,1-2H3,(H,22,25)(H,23,26). The Balaban J connectivity index is 1.86. The van der Waals surface area contributed by atoms with Crippen molar-refractivity contribution < 1.29 is 14.0 Å². The number of para-hydroxylation sites is 1. The van der Waals surface area contributed by atoms with Crippen molar-refractivity contribution >= 4 is 34.8 Å². The van der Waals surface area contributed by atoms with Gasteiger partial charge in [0.05, 0.1) is 18.8 Å². The lowest BCUT2D eigenvalue weighted by Crippen LogP contribution is -2.36. The van der Waals surface area contributed by atoms with Crippen LogP contribution in [0.4, 0.5) is 15.8 Å². The molecule has 2 aromatic carbocycles. The fraction of sp³-hybridized carbons (Fsp3) is 0.263. The van der Waals surface area contributed by atoms with E-state index in [0.29, 0.717) is 0 Å². The molecule has 7 heteroatoms. The number of nitrogens with one attached hydrogen (secondary N) is 2. The van der Waals surface area contributed by atoms with Crippen molar-refractivity contribution in [2.24, 2.45) is 0 Å². The molecule has 2 amide bonds. The van der Waals surface area contributed by atoms with Gasteiger partial charge in [-0.2, -0.15) is 0 Å². The number of halogens is 2. The lowest BCUT2D eigenvalue weighted by molar-refractivity contribution is -0.119. The second-order valence-electron chi connectivity index (χ2n) is 5.90. The first-order chi connectivity index (χ1) is 12.4. The summed E-state index contributed by atoms with van der Waals surface area (Å²) in [4.78, 5) is 25.7. The summed E-state index contributed by atoms with van der Waals surface area (Å²) in [6, 6.07) is 11.6. The zero-order chi connectivity index (χ0) is 19.1. The van der Waals surface area contributed by atoms with Crippen LogP contribution in [0.3, 0.4) is 0 Å². The second-order valence-corrected chi connectivity index (χ2v) is 6.34. The molecule has 0 atom stereocenters. The smallest absolute Gasteiger partial charge is 0.238 e. The number of hydrogen-bond acceptors (Lipinski definition) is 3. The molecular formula is C19H21ClFN3O2. The van der Waals surface area contributed by atoms with E-state index in [9.17, 15) is 14.0 Å². The van der Waals surface area contributed by atoms with Crippen LogP contribution >= 0.6 is 11.6 Å². The van der Waals surface area contributed by atoms with E-state index in [-0.39, 0.29) is 29.7 Å². The van der Waals surface area contributed by atoms with Gasteiger partial charge in [0.1, 0.15) is 5.82 Å². The van der Waals surface area contributed by atoms with Gasteiger partial charge < -0.3 is 10.6 Å². The minimum Gasteiger partial charge on any atom is -0.325 e. The van der Waals surface area contributed by atoms with Crippen LogP contribution < -0.4 is 10.6 Å². The molecule has 0 radical (unpaired) electrons. The molecule has 138 valence electrons. The van der Waals surface area contributed by atoms with Gasteiger partial charge >= 0.3 is 0 Å². The topological polar surface area (TPSA) is 61.4 Å². The van der Waals surface area contributed by atoms with Crippen molar-refractivity contribution in [3.8, 4) is 0 Å². The van der Waals surface area contributed by atoms with Crippen molar-refractivity contribution in [1.29, 1.82) is 0 Å². The molecule has 0 unspecified atom stereocenters. The first kappa shape index (κ1) is 19.9. The maximum atomic E-state index is 13.7. The van der Waals surface area contributed by atoms with Gasteiger partial charge in [-0.3, -0.25) is 14.5 Å². The third kappa shape index (κ3) is 5.82. The van der Waals surface area contributed by atoms with Gasteiger partial charge in [0.2, 0.25) is 11.8 Å². The number of amides is 2. The number of carbonyl (C=O) groups is 2. The number of aryl methyl sites for hydroxylation is 1. The predicted octanol–water partition coefficient (Wildman–Crippen LogP) is 3.55. The highest BCUT2D eigenvalue weighted by Crippen LogP contribution is 2.19. The molecule has 0 aliphatic rings. The summed E-state index contributed by atoms with van der Waals surface area (Å²) in [5, 5.41) is 5.56. The van der Waals surface area contributed by atoms with Crippen molar-refractivity contribution in [2.75, 3.05) is 30.8 Å². The zero-order valence-corrected chi connectivity index (χ0v) is 15.4. The zero-order valence-electron chi connectivity index (χ0n) is 14.7. The Morgan fingerprint density at radius 2 is 1.65 bits per heavy atom. The SMILES string of the molecule is CCc1ccccc1NC(=O)CN(C)CC(=O)Nc1ccc(Cl)cc1F. The molecule has 0 aromatic heterocycles. The monoisotopic (exact) mass is 377 g/mol. The van der Waals surface area contributed by atoms with Crippen LogP contribution in [0.25, 0.3) is 0 Å². The van der Waals surface area contributed by atoms with Gasteiger partial charge in [0.25, 0.3) is 0 Å². The average molecular weight is 378 g/mol. The van der Waals surface area contributed by atoms with Crippen LogP contribution in [0.1, 0.15) is 12.5 Å². The fourth-order valence-electron chi connectivity index (χ4n) is 2.47. The van der Waals surface area contributed by atoms with E-state index in [1.54, 1.807) is 11.9 Å². The normalized spacial score (nSPS) is 10.7. The molecule has 2 N–H and O–H groups in total. The molecule has 0 saturated carbocycles. The molecule has 0 fully saturated rings. The first-order valence-electron chi connectivity index (χ1n) is 8.20. The van der Waals surface area contributed by atoms with E-state index in [1.165, 1.54) is 12.1 Å². The van der Waals surface area contributed by atoms with E-state index >= 15 is 0 Å². The highest BCUT2D eigenvalue weighted by Gasteiger charge is 2.13. The third-order valence-electron chi connectivity index (χ3n) is 3.70. The van der Waals surface area contributed by atoms with Crippen LogP contribution in [0.5, 0.6) is 0 Å². The van der Waals surface area contributed by atoms with Crippen molar-refractivity contribution in [3.63, 3.8) is 0 Å². The van der Waals surface area contributed by atoms with Crippen molar-refractivity contribution in [3.05, 3.63) is 58.9 Å². The number of benzene rings is 2. The van der Waals surface area contributed by atoms with Crippen LogP contribution in [0.15, 0.2) is 42.5 Å². The molecule has 0 saturated heterocycles. The van der Waals surface area contributed by atoms with Gasteiger partial charge in [-0.25, -0.2) is 4.39 Å². The number of nitrogens with zero attached hydrogens (tertiary/aromatic N) is 1. The maximum Gasteiger partial charge on any atom is 0.238 e. The van der Waals surface area contributed by atoms with Crippen LogP contribution in [-0.2, 0) is 16.0 Å². The summed E-state index contributed by atoms with van der Waals surface area (Å²) in [6.45, 7) is 2.00. The van der Waals surface area contributed by atoms with Crippen molar-refractivity contribution in [1.82, 2.24) is 4.90 Å². The molecule has 0 spiro atoms. The highest BCUT2D eigenvalue weighted by molar-refractivity contribution is 6.30.